The molecule has 1 atom stereocenters. The smallest absolute Gasteiger partial charge is 0.274 e. The Labute approximate surface area is 206 Å². The van der Waals surface area contributed by atoms with E-state index >= 15 is 0 Å². The first-order chi connectivity index (χ1) is 15.1. The van der Waals surface area contributed by atoms with Gasteiger partial charge in [0.25, 0.3) is 5.69 Å². The van der Waals surface area contributed by atoms with Gasteiger partial charge < -0.3 is 15.4 Å². The summed E-state index contributed by atoms with van der Waals surface area (Å²) in [6, 6.07) is 15.0. The van der Waals surface area contributed by atoms with Crippen molar-refractivity contribution in [2.75, 3.05) is 33.3 Å². The number of likely N-dealkylation sites (tertiary alicyclic amines) is 1. The highest BCUT2D eigenvalue weighted by Gasteiger charge is 2.26. The molecule has 0 spiro atoms. The normalized spacial score (nSPS) is 15.0. The molecule has 0 aliphatic carbocycles. The van der Waals surface area contributed by atoms with Crippen molar-refractivity contribution in [2.45, 2.75) is 32.4 Å². The highest BCUT2D eigenvalue weighted by Crippen LogP contribution is 2.31. The van der Waals surface area contributed by atoms with E-state index in [9.17, 15) is 10.1 Å². The van der Waals surface area contributed by atoms with E-state index in [0.29, 0.717) is 24.6 Å². The number of hydrogen-bond donors (Lipinski definition) is 2. The van der Waals surface area contributed by atoms with E-state index in [4.69, 9.17) is 4.74 Å². The summed E-state index contributed by atoms with van der Waals surface area (Å²) in [5.41, 5.74) is 1.82. The Kier molecular flexibility index (Phi) is 10.7. The van der Waals surface area contributed by atoms with E-state index < -0.39 is 0 Å². The van der Waals surface area contributed by atoms with Gasteiger partial charge in [-0.3, -0.25) is 15.0 Å². The van der Waals surface area contributed by atoms with E-state index in [1.165, 1.54) is 18.9 Å². The quantitative estimate of drug-likeness (QED) is 0.160. The maximum atomic E-state index is 11.3. The van der Waals surface area contributed by atoms with Crippen molar-refractivity contribution in [1.82, 2.24) is 15.5 Å². The molecule has 1 saturated heterocycles. The largest absolute Gasteiger partial charge is 0.496 e. The number of nitrogens with zero attached hydrogens (tertiary/aromatic N) is 3. The lowest BCUT2D eigenvalue weighted by Gasteiger charge is -2.30. The van der Waals surface area contributed by atoms with Gasteiger partial charge in [0.15, 0.2) is 5.96 Å². The second kappa shape index (κ2) is 13.2. The fraction of sp³-hybridized carbons (Fsp3) is 0.435. The molecule has 2 aromatic rings. The molecule has 0 bridgehead atoms. The molecule has 2 aromatic carbocycles. The zero-order valence-corrected chi connectivity index (χ0v) is 21.0. The number of aliphatic imine (C=N–C) groups is 1. The molecule has 32 heavy (non-hydrogen) atoms. The molecule has 3 rings (SSSR count). The van der Waals surface area contributed by atoms with Gasteiger partial charge in [0, 0.05) is 24.7 Å². The van der Waals surface area contributed by atoms with Gasteiger partial charge in [0.2, 0.25) is 0 Å². The van der Waals surface area contributed by atoms with Crippen molar-refractivity contribution in [3.8, 4) is 5.75 Å². The van der Waals surface area contributed by atoms with Crippen LogP contribution in [-0.4, -0.2) is 49.1 Å². The molecule has 8 nitrogen and oxygen atoms in total. The second-order valence-corrected chi connectivity index (χ2v) is 7.46. The molecular weight excluding hydrogens is 521 g/mol. The molecule has 1 heterocycles. The van der Waals surface area contributed by atoms with E-state index in [1.807, 2.05) is 25.1 Å². The first-order valence-electron chi connectivity index (χ1n) is 10.8. The van der Waals surface area contributed by atoms with Gasteiger partial charge in [-0.15, -0.1) is 24.0 Å². The zero-order chi connectivity index (χ0) is 22.1. The van der Waals surface area contributed by atoms with Crippen LogP contribution in [0, 0.1) is 10.1 Å². The minimum Gasteiger partial charge on any atom is -0.496 e. The monoisotopic (exact) mass is 553 g/mol. The summed E-state index contributed by atoms with van der Waals surface area (Å²) < 4.78 is 5.62. The maximum absolute atomic E-state index is 11.3. The van der Waals surface area contributed by atoms with Gasteiger partial charge in [-0.1, -0.05) is 36.4 Å². The molecule has 0 aromatic heterocycles. The summed E-state index contributed by atoms with van der Waals surface area (Å²) in [4.78, 5) is 18.0. The molecule has 0 saturated carbocycles. The van der Waals surface area contributed by atoms with Crippen LogP contribution in [0.25, 0.3) is 0 Å². The van der Waals surface area contributed by atoms with Gasteiger partial charge in [0.1, 0.15) is 5.75 Å². The number of hydrogen-bond acceptors (Lipinski definition) is 5. The fourth-order valence-electron chi connectivity index (χ4n) is 3.95. The van der Waals surface area contributed by atoms with Crippen molar-refractivity contribution in [2.24, 2.45) is 4.99 Å². The number of rotatable bonds is 9. The molecule has 174 valence electrons. The highest BCUT2D eigenvalue weighted by molar-refractivity contribution is 14.0. The van der Waals surface area contributed by atoms with Crippen LogP contribution in [0.3, 0.4) is 0 Å². The lowest BCUT2D eigenvalue weighted by Crippen LogP contribution is -2.42. The number of nitrogens with one attached hydrogen (secondary N) is 2. The average molecular weight is 553 g/mol. The lowest BCUT2D eigenvalue weighted by molar-refractivity contribution is -0.385. The minimum absolute atomic E-state index is 0. The van der Waals surface area contributed by atoms with Crippen molar-refractivity contribution in [1.29, 1.82) is 0 Å². The predicted molar refractivity (Wildman–Crippen MR) is 138 cm³/mol. The molecule has 1 aliphatic heterocycles. The Hall–Kier alpha value is -2.40. The Bertz CT molecular complexity index is 903. The van der Waals surface area contributed by atoms with Crippen LogP contribution in [0.1, 0.15) is 36.9 Å². The van der Waals surface area contributed by atoms with Crippen LogP contribution >= 0.6 is 24.0 Å². The standard InChI is InChI=1S/C23H31N5O3.HI/c1-3-24-23(25-16-18-10-4-6-12-20(18)28(29)30)26-17-21(27-14-8-9-15-27)19-11-5-7-13-22(19)31-2;/h4-7,10-13,21H,3,8-9,14-17H2,1-2H3,(H2,24,25,26);1H. The van der Waals surface area contributed by atoms with E-state index in [0.717, 1.165) is 24.4 Å². The zero-order valence-electron chi connectivity index (χ0n) is 18.6. The highest BCUT2D eigenvalue weighted by atomic mass is 127. The number of halogens is 1. The minimum atomic E-state index is -0.365. The van der Waals surface area contributed by atoms with Crippen molar-refractivity contribution in [3.63, 3.8) is 0 Å². The summed E-state index contributed by atoms with van der Waals surface area (Å²) >= 11 is 0. The van der Waals surface area contributed by atoms with Crippen LogP contribution in [0.15, 0.2) is 53.5 Å². The van der Waals surface area contributed by atoms with Gasteiger partial charge in [0.05, 0.1) is 30.2 Å². The van der Waals surface area contributed by atoms with Crippen LogP contribution in [0.4, 0.5) is 5.69 Å². The number of para-hydroxylation sites is 2. The molecule has 9 heteroatoms. The van der Waals surface area contributed by atoms with E-state index in [-0.39, 0.29) is 47.2 Å². The lowest BCUT2D eigenvalue weighted by atomic mass is 10.0. The number of benzene rings is 2. The van der Waals surface area contributed by atoms with Crippen molar-refractivity contribution in [3.05, 3.63) is 69.8 Å². The molecule has 2 N–H and O–H groups in total. The predicted octanol–water partition coefficient (Wildman–Crippen LogP) is 4.11. The SMILES string of the molecule is CCNC(=NCc1ccccc1[N+](=O)[O-])NCC(c1ccccc1OC)N1CCCC1.I. The summed E-state index contributed by atoms with van der Waals surface area (Å²) in [5.74, 6) is 1.52. The number of nitro groups is 1. The third-order valence-corrected chi connectivity index (χ3v) is 5.48. The van der Waals surface area contributed by atoms with Gasteiger partial charge in [-0.2, -0.15) is 0 Å². The summed E-state index contributed by atoms with van der Waals surface area (Å²) in [6.45, 7) is 5.69. The summed E-state index contributed by atoms with van der Waals surface area (Å²) in [6.07, 6.45) is 2.38. The van der Waals surface area contributed by atoms with E-state index in [2.05, 4.69) is 26.6 Å². The maximum Gasteiger partial charge on any atom is 0.274 e. The summed E-state index contributed by atoms with van der Waals surface area (Å²) in [7, 11) is 1.70. The number of nitro benzene ring substituents is 1. The topological polar surface area (TPSA) is 92.0 Å². The fourth-order valence-corrected chi connectivity index (χ4v) is 3.95. The number of ether oxygens (including phenoxy) is 1. The third kappa shape index (κ3) is 6.80. The Morgan fingerprint density at radius 3 is 2.53 bits per heavy atom. The Balaban J connectivity index is 0.00000363. The molecular formula is C23H32IN5O3. The Morgan fingerprint density at radius 1 is 1.16 bits per heavy atom. The first kappa shape index (κ1) is 25.9. The van der Waals surface area contributed by atoms with E-state index in [1.54, 1.807) is 25.3 Å². The van der Waals surface area contributed by atoms with Crippen LogP contribution in [0.2, 0.25) is 0 Å². The molecule has 0 radical (unpaired) electrons. The molecule has 1 fully saturated rings. The molecule has 1 aliphatic rings. The van der Waals surface area contributed by atoms with Crippen LogP contribution in [-0.2, 0) is 6.54 Å². The molecule has 1 unspecified atom stereocenters. The number of guanidine groups is 1. The van der Waals surface area contributed by atoms with Crippen molar-refractivity contribution < 1.29 is 9.66 Å². The average Bonchev–Trinajstić information content (AvgIpc) is 3.32. The van der Waals surface area contributed by atoms with Gasteiger partial charge in [-0.05, 0) is 38.9 Å². The Morgan fingerprint density at radius 2 is 1.84 bits per heavy atom. The van der Waals surface area contributed by atoms with Gasteiger partial charge in [-0.25, -0.2) is 4.99 Å². The van der Waals surface area contributed by atoms with Gasteiger partial charge >= 0.3 is 0 Å². The molecule has 0 amide bonds. The third-order valence-electron chi connectivity index (χ3n) is 5.48. The first-order valence-corrected chi connectivity index (χ1v) is 10.8. The van der Waals surface area contributed by atoms with Crippen LogP contribution in [0.5, 0.6) is 5.75 Å². The van der Waals surface area contributed by atoms with Crippen LogP contribution < -0.4 is 15.4 Å². The second-order valence-electron chi connectivity index (χ2n) is 7.46. The number of methoxy groups -OCH3 is 1. The summed E-state index contributed by atoms with van der Waals surface area (Å²) in [5, 5.41) is 18.0. The van der Waals surface area contributed by atoms with Crippen molar-refractivity contribution >= 4 is 35.6 Å².